The molecule has 1 fully saturated rings. The number of carbonyl (C=O) groups is 1. The van der Waals surface area contributed by atoms with Gasteiger partial charge in [-0.25, -0.2) is 0 Å². The van der Waals surface area contributed by atoms with E-state index in [4.69, 9.17) is 4.42 Å². The summed E-state index contributed by atoms with van der Waals surface area (Å²) in [5.41, 5.74) is 1.72. The molecule has 3 rings (SSSR count). The highest BCUT2D eigenvalue weighted by atomic mass is 16.3. The lowest BCUT2D eigenvalue weighted by Gasteiger charge is -2.35. The first kappa shape index (κ1) is 18.4. The van der Waals surface area contributed by atoms with Gasteiger partial charge in [0.25, 0.3) is 5.91 Å². The molecule has 0 unspecified atom stereocenters. The molecule has 2 N–H and O–H groups in total. The summed E-state index contributed by atoms with van der Waals surface area (Å²) >= 11 is 0. The molecule has 138 valence electrons. The number of carbonyl (C=O) groups excluding carboxylic acids is 1. The summed E-state index contributed by atoms with van der Waals surface area (Å²) in [6.45, 7) is 5.70. The fraction of sp³-hybridized carbons (Fsp3) is 0.381. The molecule has 1 saturated heterocycles. The number of aryl methyl sites for hydroxylation is 2. The monoisotopic (exact) mass is 354 g/mol. The fourth-order valence-corrected chi connectivity index (χ4v) is 3.44. The van der Waals surface area contributed by atoms with Gasteiger partial charge in [-0.2, -0.15) is 0 Å². The zero-order chi connectivity index (χ0) is 18.5. The van der Waals surface area contributed by atoms with E-state index in [0.717, 1.165) is 24.4 Å². The average molecular weight is 354 g/mol. The molecule has 1 amide bonds. The number of likely N-dealkylation sites (tertiary alicyclic amines) is 1. The maximum absolute atomic E-state index is 12.5. The van der Waals surface area contributed by atoms with Crippen molar-refractivity contribution in [3.8, 4) is 0 Å². The molecule has 1 aromatic heterocycles. The fourth-order valence-electron chi connectivity index (χ4n) is 3.44. The summed E-state index contributed by atoms with van der Waals surface area (Å²) in [6.07, 6.45) is 4.30. The zero-order valence-electron chi connectivity index (χ0n) is 15.3. The average Bonchev–Trinajstić information content (AvgIpc) is 2.94. The molecule has 1 aliphatic heterocycles. The number of hydrogen-bond donors (Lipinski definition) is 2. The standard InChI is InChI=1S/C21H26N2O3/c1-15-11-20(16(2)26-15)21(25)22-18-12-19(24)14-23(13-18)10-6-9-17-7-4-3-5-8-17/h3-9,11,18-19,24H,10,12-14H2,1-2H3,(H,22,25)/t18-,19+/m0/s1. The van der Waals surface area contributed by atoms with Gasteiger partial charge in [0.15, 0.2) is 0 Å². The summed E-state index contributed by atoms with van der Waals surface area (Å²) in [6, 6.07) is 11.8. The van der Waals surface area contributed by atoms with Gasteiger partial charge in [-0.3, -0.25) is 9.69 Å². The zero-order valence-corrected chi connectivity index (χ0v) is 15.3. The predicted octanol–water partition coefficient (Wildman–Crippen LogP) is 2.77. The molecule has 0 aliphatic carbocycles. The van der Waals surface area contributed by atoms with Crippen LogP contribution < -0.4 is 5.32 Å². The number of benzene rings is 1. The van der Waals surface area contributed by atoms with Crippen LogP contribution in [0.2, 0.25) is 0 Å². The molecule has 5 heteroatoms. The van der Waals surface area contributed by atoms with E-state index in [1.165, 1.54) is 0 Å². The van der Waals surface area contributed by atoms with Crippen LogP contribution in [0.3, 0.4) is 0 Å². The van der Waals surface area contributed by atoms with Gasteiger partial charge in [-0.1, -0.05) is 42.5 Å². The Bertz CT molecular complexity index is 767. The first-order chi connectivity index (χ1) is 12.5. The topological polar surface area (TPSA) is 65.7 Å². The van der Waals surface area contributed by atoms with Crippen LogP contribution in [0.4, 0.5) is 0 Å². The third-order valence-electron chi connectivity index (χ3n) is 4.60. The number of furan rings is 1. The maximum Gasteiger partial charge on any atom is 0.255 e. The molecule has 0 spiro atoms. The minimum atomic E-state index is -0.439. The Kier molecular flexibility index (Phi) is 5.91. The SMILES string of the molecule is Cc1cc(C(=O)N[C@H]2C[C@@H](O)CN(CC=Cc3ccccc3)C2)c(C)o1. The number of rotatable bonds is 5. The van der Waals surface area contributed by atoms with Crippen LogP contribution in [0, 0.1) is 13.8 Å². The normalized spacial score (nSPS) is 21.2. The Labute approximate surface area is 154 Å². The van der Waals surface area contributed by atoms with E-state index < -0.39 is 6.10 Å². The molecule has 0 saturated carbocycles. The number of aliphatic hydroxyl groups excluding tert-OH is 1. The number of nitrogens with one attached hydrogen (secondary N) is 1. The van der Waals surface area contributed by atoms with E-state index in [2.05, 4.69) is 34.5 Å². The van der Waals surface area contributed by atoms with Crippen LogP contribution in [0.25, 0.3) is 6.08 Å². The Balaban J connectivity index is 1.56. The molecule has 5 nitrogen and oxygen atoms in total. The van der Waals surface area contributed by atoms with E-state index in [-0.39, 0.29) is 11.9 Å². The van der Waals surface area contributed by atoms with Gasteiger partial charge >= 0.3 is 0 Å². The Morgan fingerprint density at radius 2 is 2.08 bits per heavy atom. The molecule has 2 heterocycles. The maximum atomic E-state index is 12.5. The molecule has 1 aromatic carbocycles. The van der Waals surface area contributed by atoms with Crippen LogP contribution in [-0.4, -0.2) is 47.7 Å². The third-order valence-corrected chi connectivity index (χ3v) is 4.60. The van der Waals surface area contributed by atoms with Crippen LogP contribution in [0.5, 0.6) is 0 Å². The summed E-state index contributed by atoms with van der Waals surface area (Å²) < 4.78 is 5.43. The molecule has 1 aliphatic rings. The largest absolute Gasteiger partial charge is 0.466 e. The van der Waals surface area contributed by atoms with Crippen LogP contribution >= 0.6 is 0 Å². The van der Waals surface area contributed by atoms with Crippen molar-refractivity contribution in [2.75, 3.05) is 19.6 Å². The van der Waals surface area contributed by atoms with Gasteiger partial charge < -0.3 is 14.8 Å². The highest BCUT2D eigenvalue weighted by Crippen LogP contribution is 2.16. The first-order valence-electron chi connectivity index (χ1n) is 9.01. The second-order valence-corrected chi connectivity index (χ2v) is 6.92. The molecular weight excluding hydrogens is 328 g/mol. The lowest BCUT2D eigenvalue weighted by molar-refractivity contribution is 0.0544. The molecule has 2 aromatic rings. The van der Waals surface area contributed by atoms with Gasteiger partial charge in [0.2, 0.25) is 0 Å². The van der Waals surface area contributed by atoms with Crippen LogP contribution in [0.1, 0.15) is 33.9 Å². The Morgan fingerprint density at radius 3 is 2.77 bits per heavy atom. The number of β-amino-alcohol motifs (C(OH)–C–C–N with tert-alkyl or cyclic N) is 1. The number of nitrogens with zero attached hydrogens (tertiary/aromatic N) is 1. The second-order valence-electron chi connectivity index (χ2n) is 6.92. The van der Waals surface area contributed by atoms with Crippen molar-refractivity contribution in [1.29, 1.82) is 0 Å². The van der Waals surface area contributed by atoms with Crippen molar-refractivity contribution in [2.24, 2.45) is 0 Å². The van der Waals surface area contributed by atoms with Crippen molar-refractivity contribution >= 4 is 12.0 Å². The van der Waals surface area contributed by atoms with E-state index >= 15 is 0 Å². The van der Waals surface area contributed by atoms with Crippen molar-refractivity contribution in [3.05, 3.63) is 65.1 Å². The predicted molar refractivity (Wildman–Crippen MR) is 102 cm³/mol. The lowest BCUT2D eigenvalue weighted by atomic mass is 10.0. The van der Waals surface area contributed by atoms with Gasteiger partial charge in [0, 0.05) is 25.7 Å². The van der Waals surface area contributed by atoms with Crippen molar-refractivity contribution in [1.82, 2.24) is 10.2 Å². The lowest BCUT2D eigenvalue weighted by Crippen LogP contribution is -2.52. The Morgan fingerprint density at radius 1 is 1.31 bits per heavy atom. The quantitative estimate of drug-likeness (QED) is 0.867. The summed E-state index contributed by atoms with van der Waals surface area (Å²) in [5.74, 6) is 1.21. The third kappa shape index (κ3) is 4.84. The molecular formula is C21H26N2O3. The van der Waals surface area contributed by atoms with Gasteiger partial charge in [0.05, 0.1) is 11.7 Å². The highest BCUT2D eigenvalue weighted by molar-refractivity contribution is 5.95. The van der Waals surface area contributed by atoms with Gasteiger partial charge in [-0.15, -0.1) is 0 Å². The van der Waals surface area contributed by atoms with Crippen molar-refractivity contribution in [3.63, 3.8) is 0 Å². The molecule has 26 heavy (non-hydrogen) atoms. The molecule has 0 radical (unpaired) electrons. The van der Waals surface area contributed by atoms with E-state index in [1.54, 1.807) is 13.0 Å². The minimum Gasteiger partial charge on any atom is -0.466 e. The molecule has 2 atom stereocenters. The highest BCUT2D eigenvalue weighted by Gasteiger charge is 2.27. The summed E-state index contributed by atoms with van der Waals surface area (Å²) in [4.78, 5) is 14.6. The van der Waals surface area contributed by atoms with E-state index in [1.807, 2.05) is 25.1 Å². The number of piperidine rings is 1. The van der Waals surface area contributed by atoms with E-state index in [9.17, 15) is 9.90 Å². The minimum absolute atomic E-state index is 0.0778. The Hall–Kier alpha value is -2.37. The van der Waals surface area contributed by atoms with Crippen LogP contribution in [0.15, 0.2) is 46.9 Å². The van der Waals surface area contributed by atoms with Gasteiger partial charge in [0.1, 0.15) is 11.5 Å². The first-order valence-corrected chi connectivity index (χ1v) is 9.01. The van der Waals surface area contributed by atoms with Crippen molar-refractivity contribution < 1.29 is 14.3 Å². The number of amides is 1. The van der Waals surface area contributed by atoms with Crippen molar-refractivity contribution in [2.45, 2.75) is 32.4 Å². The number of aliphatic hydroxyl groups is 1. The summed E-state index contributed by atoms with van der Waals surface area (Å²) in [5, 5.41) is 13.2. The number of hydrogen-bond acceptors (Lipinski definition) is 4. The van der Waals surface area contributed by atoms with Gasteiger partial charge in [-0.05, 0) is 31.9 Å². The van der Waals surface area contributed by atoms with Crippen LogP contribution in [-0.2, 0) is 0 Å². The van der Waals surface area contributed by atoms with E-state index in [0.29, 0.717) is 24.3 Å². The second kappa shape index (κ2) is 8.34. The smallest absolute Gasteiger partial charge is 0.255 e. The molecule has 0 bridgehead atoms. The summed E-state index contributed by atoms with van der Waals surface area (Å²) in [7, 11) is 0.